The molecule has 2 aromatic carbocycles. The summed E-state index contributed by atoms with van der Waals surface area (Å²) in [4.78, 5) is 11.7. The number of nitrogens with one attached hydrogen (secondary N) is 1. The number of benzene rings is 2. The van der Waals surface area contributed by atoms with Gasteiger partial charge in [0.25, 0.3) is 5.91 Å². The van der Waals surface area contributed by atoms with Crippen molar-refractivity contribution in [3.63, 3.8) is 0 Å². The zero-order valence-corrected chi connectivity index (χ0v) is 16.3. The summed E-state index contributed by atoms with van der Waals surface area (Å²) in [7, 11) is 0. The molecule has 7 heteroatoms. The van der Waals surface area contributed by atoms with Crippen LogP contribution in [0.4, 0.5) is 10.1 Å². The van der Waals surface area contributed by atoms with Gasteiger partial charge in [-0.25, -0.2) is 4.39 Å². The van der Waals surface area contributed by atoms with Gasteiger partial charge in [0, 0.05) is 11.1 Å². The standard InChI is InChI=1S/C22H22FN3O3/c1-3-17(27)11-26-22(14-4-7-16(23)8-5-14)21(13(2)25-26)15-6-9-19-18(10-15)24-20(28)12-29-19/h4-10,17,27H,3,11-12H2,1-2H3,(H,24,28). The second-order valence-electron chi connectivity index (χ2n) is 7.11. The predicted molar refractivity (Wildman–Crippen MR) is 108 cm³/mol. The van der Waals surface area contributed by atoms with Crippen LogP contribution in [0.25, 0.3) is 22.4 Å². The number of aliphatic hydroxyl groups excluding tert-OH is 1. The molecule has 0 saturated carbocycles. The number of hydrogen-bond donors (Lipinski definition) is 2. The van der Waals surface area contributed by atoms with Gasteiger partial charge in [0.1, 0.15) is 11.6 Å². The van der Waals surface area contributed by atoms with Crippen molar-refractivity contribution in [1.82, 2.24) is 9.78 Å². The molecule has 2 N–H and O–H groups in total. The van der Waals surface area contributed by atoms with E-state index in [1.165, 1.54) is 12.1 Å². The monoisotopic (exact) mass is 395 g/mol. The van der Waals surface area contributed by atoms with Crippen molar-refractivity contribution in [2.75, 3.05) is 11.9 Å². The number of hydrogen-bond acceptors (Lipinski definition) is 4. The van der Waals surface area contributed by atoms with Crippen LogP contribution in [0.1, 0.15) is 19.0 Å². The number of nitrogens with zero attached hydrogens (tertiary/aromatic N) is 2. The van der Waals surface area contributed by atoms with Crippen LogP contribution < -0.4 is 10.1 Å². The molecule has 1 unspecified atom stereocenters. The Hall–Kier alpha value is -3.19. The van der Waals surface area contributed by atoms with Crippen molar-refractivity contribution < 1.29 is 19.0 Å². The topological polar surface area (TPSA) is 76.4 Å². The molecule has 1 atom stereocenters. The minimum absolute atomic E-state index is 0.000950. The number of fused-ring (bicyclic) bond motifs is 1. The van der Waals surface area contributed by atoms with E-state index in [-0.39, 0.29) is 18.3 Å². The SMILES string of the molecule is CCC(O)Cn1nc(C)c(-c2ccc3c(c2)NC(=O)CO3)c1-c1ccc(F)cc1. The highest BCUT2D eigenvalue weighted by atomic mass is 19.1. The average Bonchev–Trinajstić information content (AvgIpc) is 3.03. The Labute approximate surface area is 167 Å². The minimum Gasteiger partial charge on any atom is -0.482 e. The predicted octanol–water partition coefficient (Wildman–Crippen LogP) is 3.77. The van der Waals surface area contributed by atoms with Gasteiger partial charge in [-0.3, -0.25) is 9.48 Å². The first kappa shape index (κ1) is 19.1. The molecule has 0 spiro atoms. The van der Waals surface area contributed by atoms with Gasteiger partial charge in [-0.2, -0.15) is 5.10 Å². The van der Waals surface area contributed by atoms with E-state index in [0.717, 1.165) is 28.1 Å². The van der Waals surface area contributed by atoms with E-state index in [1.807, 2.05) is 32.0 Å². The number of aryl methyl sites for hydroxylation is 1. The smallest absolute Gasteiger partial charge is 0.262 e. The largest absolute Gasteiger partial charge is 0.482 e. The summed E-state index contributed by atoms with van der Waals surface area (Å²) >= 11 is 0. The van der Waals surface area contributed by atoms with Crippen molar-refractivity contribution in [3.05, 3.63) is 54.0 Å². The molecule has 3 aromatic rings. The normalized spacial score (nSPS) is 14.1. The van der Waals surface area contributed by atoms with E-state index >= 15 is 0 Å². The maximum Gasteiger partial charge on any atom is 0.262 e. The van der Waals surface area contributed by atoms with Gasteiger partial charge in [0.15, 0.2) is 6.61 Å². The number of carbonyl (C=O) groups excluding carboxylic acids is 1. The van der Waals surface area contributed by atoms with E-state index in [4.69, 9.17) is 4.74 Å². The quantitative estimate of drug-likeness (QED) is 0.690. The molecular formula is C22H22FN3O3. The van der Waals surface area contributed by atoms with E-state index < -0.39 is 6.10 Å². The lowest BCUT2D eigenvalue weighted by atomic mass is 9.98. The molecule has 0 fully saturated rings. The average molecular weight is 395 g/mol. The van der Waals surface area contributed by atoms with Gasteiger partial charge >= 0.3 is 0 Å². The Balaban J connectivity index is 1.87. The third-order valence-corrected chi connectivity index (χ3v) is 5.00. The van der Waals surface area contributed by atoms with Crippen LogP contribution in [0.15, 0.2) is 42.5 Å². The summed E-state index contributed by atoms with van der Waals surface area (Å²) in [5.74, 6) is 0.0929. The van der Waals surface area contributed by atoms with Gasteiger partial charge in [-0.05, 0) is 55.3 Å². The first-order valence-electron chi connectivity index (χ1n) is 9.54. The summed E-state index contributed by atoms with van der Waals surface area (Å²) < 4.78 is 20.7. The van der Waals surface area contributed by atoms with Gasteiger partial charge in [-0.15, -0.1) is 0 Å². The van der Waals surface area contributed by atoms with Crippen molar-refractivity contribution in [3.8, 4) is 28.1 Å². The zero-order valence-electron chi connectivity index (χ0n) is 16.3. The van der Waals surface area contributed by atoms with E-state index in [0.29, 0.717) is 24.4 Å². The van der Waals surface area contributed by atoms with Crippen molar-refractivity contribution >= 4 is 11.6 Å². The first-order valence-corrected chi connectivity index (χ1v) is 9.54. The summed E-state index contributed by atoms with van der Waals surface area (Å²) in [6, 6.07) is 11.8. The molecule has 0 saturated heterocycles. The number of aliphatic hydroxyl groups is 1. The molecular weight excluding hydrogens is 373 g/mol. The number of carbonyl (C=O) groups is 1. The first-order chi connectivity index (χ1) is 14.0. The third kappa shape index (κ3) is 3.73. The Kier molecular flexibility index (Phi) is 5.07. The molecule has 150 valence electrons. The lowest BCUT2D eigenvalue weighted by Gasteiger charge is -2.19. The van der Waals surface area contributed by atoms with Crippen molar-refractivity contribution in [2.45, 2.75) is 32.9 Å². The van der Waals surface area contributed by atoms with Crippen LogP contribution in [-0.4, -0.2) is 33.5 Å². The summed E-state index contributed by atoms with van der Waals surface area (Å²) in [6.07, 6.45) is 0.0526. The molecule has 0 aliphatic carbocycles. The molecule has 0 radical (unpaired) electrons. The summed E-state index contributed by atoms with van der Waals surface area (Å²) in [6.45, 7) is 4.13. The fraction of sp³-hybridized carbons (Fsp3) is 0.273. The highest BCUT2D eigenvalue weighted by Crippen LogP contribution is 2.39. The van der Waals surface area contributed by atoms with Crippen LogP contribution in [0.2, 0.25) is 0 Å². The van der Waals surface area contributed by atoms with Gasteiger partial charge in [-0.1, -0.05) is 13.0 Å². The van der Waals surface area contributed by atoms with E-state index in [1.54, 1.807) is 16.8 Å². The lowest BCUT2D eigenvalue weighted by molar-refractivity contribution is -0.118. The molecule has 6 nitrogen and oxygen atoms in total. The summed E-state index contributed by atoms with van der Waals surface area (Å²) in [5.41, 5.74) is 4.67. The second kappa shape index (κ2) is 7.67. The number of anilines is 1. The molecule has 1 aliphatic heterocycles. The minimum atomic E-state index is -0.544. The van der Waals surface area contributed by atoms with Crippen LogP contribution in [0.5, 0.6) is 5.75 Å². The molecule has 1 aromatic heterocycles. The fourth-order valence-electron chi connectivity index (χ4n) is 3.53. The van der Waals surface area contributed by atoms with E-state index in [9.17, 15) is 14.3 Å². The lowest BCUT2D eigenvalue weighted by Crippen LogP contribution is -2.25. The number of rotatable bonds is 5. The Morgan fingerprint density at radius 2 is 1.97 bits per heavy atom. The second-order valence-corrected chi connectivity index (χ2v) is 7.11. The van der Waals surface area contributed by atoms with Gasteiger partial charge in [0.2, 0.25) is 0 Å². The van der Waals surface area contributed by atoms with E-state index in [2.05, 4.69) is 10.4 Å². The molecule has 2 heterocycles. The van der Waals surface area contributed by atoms with Crippen molar-refractivity contribution in [2.24, 2.45) is 0 Å². The fourth-order valence-corrected chi connectivity index (χ4v) is 3.53. The maximum atomic E-state index is 13.5. The molecule has 1 aliphatic rings. The molecule has 4 rings (SSSR count). The molecule has 0 bridgehead atoms. The number of ether oxygens (including phenoxy) is 1. The maximum absolute atomic E-state index is 13.5. The number of aromatic nitrogens is 2. The highest BCUT2D eigenvalue weighted by molar-refractivity contribution is 5.97. The van der Waals surface area contributed by atoms with Crippen molar-refractivity contribution in [1.29, 1.82) is 0 Å². The van der Waals surface area contributed by atoms with Crippen LogP contribution in [-0.2, 0) is 11.3 Å². The van der Waals surface area contributed by atoms with Gasteiger partial charge in [0.05, 0.1) is 29.7 Å². The summed E-state index contributed by atoms with van der Waals surface area (Å²) in [5, 5.41) is 17.7. The number of amides is 1. The van der Waals surface area contributed by atoms with Crippen LogP contribution in [0.3, 0.4) is 0 Å². The molecule has 1 amide bonds. The van der Waals surface area contributed by atoms with Gasteiger partial charge < -0.3 is 15.2 Å². The molecule has 29 heavy (non-hydrogen) atoms. The highest BCUT2D eigenvalue weighted by Gasteiger charge is 2.22. The van der Waals surface area contributed by atoms with Crippen LogP contribution >= 0.6 is 0 Å². The Morgan fingerprint density at radius 3 is 2.69 bits per heavy atom. The third-order valence-electron chi connectivity index (χ3n) is 5.00. The number of halogens is 1. The van der Waals surface area contributed by atoms with Crippen LogP contribution in [0, 0.1) is 12.7 Å². The Bertz CT molecular complexity index is 1060. The zero-order chi connectivity index (χ0) is 20.5. The Morgan fingerprint density at radius 1 is 1.24 bits per heavy atom.